The first-order chi connectivity index (χ1) is 11.1. The molecule has 1 aromatic heterocycles. The molecule has 2 heterocycles. The zero-order chi connectivity index (χ0) is 16.4. The van der Waals surface area contributed by atoms with Gasteiger partial charge in [-0.25, -0.2) is 4.98 Å². The van der Waals surface area contributed by atoms with Gasteiger partial charge in [-0.15, -0.1) is 11.3 Å². The number of thiazole rings is 1. The van der Waals surface area contributed by atoms with Crippen LogP contribution < -0.4 is 5.01 Å². The van der Waals surface area contributed by atoms with Crippen molar-refractivity contribution in [2.24, 2.45) is 5.10 Å². The van der Waals surface area contributed by atoms with E-state index in [4.69, 9.17) is 0 Å². The molecule has 1 unspecified atom stereocenters. The van der Waals surface area contributed by atoms with E-state index in [2.05, 4.69) is 16.2 Å². The molecule has 0 bridgehead atoms. The third-order valence-corrected chi connectivity index (χ3v) is 4.73. The van der Waals surface area contributed by atoms with Gasteiger partial charge in [0.15, 0.2) is 11.7 Å². The molecule has 0 N–H and O–H groups in total. The number of ketones is 1. The van der Waals surface area contributed by atoms with Crippen LogP contribution in [0.3, 0.4) is 0 Å². The van der Waals surface area contributed by atoms with Crippen LogP contribution in [0.4, 0.5) is 5.69 Å². The number of aryl methyl sites for hydroxylation is 1. The highest BCUT2D eigenvalue weighted by atomic mass is 32.1. The van der Waals surface area contributed by atoms with Gasteiger partial charge in [0, 0.05) is 35.3 Å². The van der Waals surface area contributed by atoms with Crippen molar-refractivity contribution in [2.45, 2.75) is 26.2 Å². The SMILES string of the molecule is CC1=NN(c2ccc(C(=O)C(C#N)c3nc(C)cs3)cc2)CC1. The first-order valence-electron chi connectivity index (χ1n) is 7.36. The number of Topliss-reactive ketones (excluding diaryl/α,β-unsaturated/α-hetero) is 1. The van der Waals surface area contributed by atoms with Crippen LogP contribution >= 0.6 is 11.3 Å². The fourth-order valence-electron chi connectivity index (χ4n) is 2.46. The first-order valence-corrected chi connectivity index (χ1v) is 8.24. The van der Waals surface area contributed by atoms with E-state index >= 15 is 0 Å². The minimum Gasteiger partial charge on any atom is -0.292 e. The minimum absolute atomic E-state index is 0.213. The Labute approximate surface area is 138 Å². The lowest BCUT2D eigenvalue weighted by atomic mass is 9.99. The van der Waals surface area contributed by atoms with Crippen molar-refractivity contribution in [3.8, 4) is 6.07 Å². The van der Waals surface area contributed by atoms with Crippen molar-refractivity contribution < 1.29 is 4.79 Å². The Morgan fingerprint density at radius 2 is 2.09 bits per heavy atom. The molecule has 2 aromatic rings. The van der Waals surface area contributed by atoms with Crippen LogP contribution in [-0.2, 0) is 0 Å². The summed E-state index contributed by atoms with van der Waals surface area (Å²) in [6, 6.07) is 9.33. The van der Waals surface area contributed by atoms with Crippen molar-refractivity contribution >= 4 is 28.5 Å². The highest BCUT2D eigenvalue weighted by Gasteiger charge is 2.25. The molecule has 0 radical (unpaired) electrons. The van der Waals surface area contributed by atoms with Gasteiger partial charge >= 0.3 is 0 Å². The maximum Gasteiger partial charge on any atom is 0.186 e. The summed E-state index contributed by atoms with van der Waals surface area (Å²) in [5.74, 6) is -1.05. The molecule has 0 spiro atoms. The van der Waals surface area contributed by atoms with Crippen molar-refractivity contribution in [3.63, 3.8) is 0 Å². The van der Waals surface area contributed by atoms with Gasteiger partial charge in [0.25, 0.3) is 0 Å². The first kappa shape index (κ1) is 15.4. The van der Waals surface area contributed by atoms with Crippen LogP contribution in [0.5, 0.6) is 0 Å². The molecular weight excluding hydrogens is 308 g/mol. The van der Waals surface area contributed by atoms with Crippen LogP contribution in [0.15, 0.2) is 34.7 Å². The second kappa shape index (κ2) is 6.31. The molecule has 1 aliphatic rings. The average molecular weight is 324 g/mol. The maximum atomic E-state index is 12.6. The van der Waals surface area contributed by atoms with E-state index in [9.17, 15) is 10.1 Å². The van der Waals surface area contributed by atoms with Crippen LogP contribution in [0.1, 0.15) is 40.3 Å². The van der Waals surface area contributed by atoms with Crippen LogP contribution in [0.25, 0.3) is 0 Å². The highest BCUT2D eigenvalue weighted by molar-refractivity contribution is 7.10. The van der Waals surface area contributed by atoms with Gasteiger partial charge < -0.3 is 0 Å². The largest absolute Gasteiger partial charge is 0.292 e. The lowest BCUT2D eigenvalue weighted by Gasteiger charge is -2.14. The zero-order valence-corrected chi connectivity index (χ0v) is 13.8. The molecular formula is C17H16N4OS. The van der Waals surface area contributed by atoms with E-state index in [0.29, 0.717) is 10.6 Å². The molecule has 0 saturated carbocycles. The molecule has 1 aromatic carbocycles. The number of nitrogens with zero attached hydrogens (tertiary/aromatic N) is 4. The van der Waals surface area contributed by atoms with Crippen molar-refractivity contribution in [2.75, 3.05) is 11.6 Å². The summed E-state index contributed by atoms with van der Waals surface area (Å²) in [6.45, 7) is 4.72. The van der Waals surface area contributed by atoms with Crippen molar-refractivity contribution in [3.05, 3.63) is 45.9 Å². The average Bonchev–Trinajstić information content (AvgIpc) is 3.17. The van der Waals surface area contributed by atoms with Crippen LogP contribution in [-0.4, -0.2) is 23.0 Å². The molecule has 6 heteroatoms. The summed E-state index contributed by atoms with van der Waals surface area (Å²) >= 11 is 1.35. The van der Waals surface area contributed by atoms with Crippen LogP contribution in [0.2, 0.25) is 0 Å². The lowest BCUT2D eigenvalue weighted by Crippen LogP contribution is -2.13. The predicted molar refractivity (Wildman–Crippen MR) is 91.0 cm³/mol. The molecule has 0 amide bonds. The van der Waals surface area contributed by atoms with Gasteiger partial charge in [0.05, 0.1) is 11.8 Å². The van der Waals surface area contributed by atoms with E-state index in [-0.39, 0.29) is 5.78 Å². The zero-order valence-electron chi connectivity index (χ0n) is 13.0. The fraction of sp³-hybridized carbons (Fsp3) is 0.294. The molecule has 0 saturated heterocycles. The lowest BCUT2D eigenvalue weighted by molar-refractivity contribution is 0.0979. The molecule has 116 valence electrons. The number of hydrogen-bond donors (Lipinski definition) is 0. The van der Waals surface area contributed by atoms with E-state index in [0.717, 1.165) is 30.1 Å². The number of aromatic nitrogens is 1. The Hall–Kier alpha value is -2.52. The fourth-order valence-corrected chi connectivity index (χ4v) is 3.29. The maximum absolute atomic E-state index is 12.6. The number of benzene rings is 1. The monoisotopic (exact) mass is 324 g/mol. The summed E-state index contributed by atoms with van der Waals surface area (Å²) in [5, 5.41) is 18.1. The van der Waals surface area contributed by atoms with Gasteiger partial charge in [-0.3, -0.25) is 9.80 Å². The number of carbonyl (C=O) groups excluding carboxylic acids is 1. The minimum atomic E-state index is -0.841. The van der Waals surface area contributed by atoms with Gasteiger partial charge in [-0.1, -0.05) is 0 Å². The van der Waals surface area contributed by atoms with Gasteiger partial charge in [-0.2, -0.15) is 10.4 Å². The Balaban J connectivity index is 1.81. The Kier molecular flexibility index (Phi) is 4.22. The van der Waals surface area contributed by atoms with E-state index in [1.165, 1.54) is 11.3 Å². The quantitative estimate of drug-likeness (QED) is 0.807. The summed E-state index contributed by atoms with van der Waals surface area (Å²) in [7, 11) is 0. The second-order valence-electron chi connectivity index (χ2n) is 5.51. The molecule has 0 fully saturated rings. The third kappa shape index (κ3) is 3.15. The van der Waals surface area contributed by atoms with E-state index in [1.54, 1.807) is 12.1 Å². The number of rotatable bonds is 4. The summed E-state index contributed by atoms with van der Waals surface area (Å²) in [6.07, 6.45) is 0.959. The van der Waals surface area contributed by atoms with E-state index in [1.807, 2.05) is 36.4 Å². The summed E-state index contributed by atoms with van der Waals surface area (Å²) in [5.41, 5.74) is 3.41. The number of hydrogen-bond acceptors (Lipinski definition) is 6. The standard InChI is InChI=1S/C17H16N4OS/c1-11-7-8-21(20-11)14-5-3-13(4-6-14)16(22)15(9-18)17-19-12(2)10-23-17/h3-6,10,15H,7-8H2,1-2H3. The number of anilines is 1. The molecule has 3 rings (SSSR count). The number of nitriles is 1. The summed E-state index contributed by atoms with van der Waals surface area (Å²) in [4.78, 5) is 16.8. The Morgan fingerprint density at radius 3 is 2.61 bits per heavy atom. The Morgan fingerprint density at radius 1 is 1.35 bits per heavy atom. The highest BCUT2D eigenvalue weighted by Crippen LogP contribution is 2.26. The molecule has 5 nitrogen and oxygen atoms in total. The van der Waals surface area contributed by atoms with E-state index < -0.39 is 5.92 Å². The smallest absolute Gasteiger partial charge is 0.186 e. The third-order valence-electron chi connectivity index (χ3n) is 3.70. The topological polar surface area (TPSA) is 69.3 Å². The van der Waals surface area contributed by atoms with Crippen LogP contribution in [0, 0.1) is 18.3 Å². The normalized spacial score (nSPS) is 15.2. The molecule has 23 heavy (non-hydrogen) atoms. The van der Waals surface area contributed by atoms with Gasteiger partial charge in [-0.05, 0) is 38.1 Å². The molecule has 0 aliphatic carbocycles. The molecule has 1 atom stereocenters. The Bertz CT molecular complexity index is 801. The second-order valence-corrected chi connectivity index (χ2v) is 6.40. The molecule has 1 aliphatic heterocycles. The number of hydrazone groups is 1. The number of carbonyl (C=O) groups is 1. The van der Waals surface area contributed by atoms with Crippen molar-refractivity contribution in [1.82, 2.24) is 4.98 Å². The predicted octanol–water partition coefficient (Wildman–Crippen LogP) is 3.53. The van der Waals surface area contributed by atoms with Gasteiger partial charge in [0.1, 0.15) is 5.01 Å². The van der Waals surface area contributed by atoms with Crippen molar-refractivity contribution in [1.29, 1.82) is 5.26 Å². The summed E-state index contributed by atoms with van der Waals surface area (Å²) < 4.78 is 0. The van der Waals surface area contributed by atoms with Gasteiger partial charge in [0.2, 0.25) is 0 Å².